The highest BCUT2D eigenvalue weighted by molar-refractivity contribution is 5.54. The molecule has 1 atom stereocenters. The van der Waals surface area contributed by atoms with Gasteiger partial charge in [0.05, 0.1) is 11.0 Å². The molecule has 0 radical (unpaired) electrons. The Morgan fingerprint density at radius 1 is 1.50 bits per heavy atom. The number of likely N-dealkylation sites (N-methyl/N-ethyl adjacent to an activating group) is 1. The van der Waals surface area contributed by atoms with Gasteiger partial charge in [-0.15, -0.1) is 0 Å². The number of nitro benzene ring substituents is 1. The van der Waals surface area contributed by atoms with Crippen LogP contribution < -0.4 is 10.2 Å². The minimum absolute atomic E-state index is 0.208. The fourth-order valence-electron chi connectivity index (χ4n) is 2.24. The number of hydrogen-bond acceptors (Lipinski definition) is 4. The highest BCUT2D eigenvalue weighted by Crippen LogP contribution is 2.25. The maximum Gasteiger partial charge on any atom is 0.274 e. The van der Waals surface area contributed by atoms with E-state index in [4.69, 9.17) is 0 Å². The van der Waals surface area contributed by atoms with Gasteiger partial charge in [-0.1, -0.05) is 0 Å². The second-order valence-corrected chi connectivity index (χ2v) is 4.54. The quantitative estimate of drug-likeness (QED) is 0.660. The fourth-order valence-corrected chi connectivity index (χ4v) is 2.24. The molecule has 98 valence electrons. The van der Waals surface area contributed by atoms with Crippen molar-refractivity contribution in [2.24, 2.45) is 0 Å². The zero-order chi connectivity index (χ0) is 13.1. The number of nitrogens with one attached hydrogen (secondary N) is 1. The number of rotatable bonds is 3. The van der Waals surface area contributed by atoms with Crippen molar-refractivity contribution < 1.29 is 9.31 Å². The van der Waals surface area contributed by atoms with Crippen LogP contribution in [0, 0.1) is 15.9 Å². The molecule has 1 fully saturated rings. The molecule has 1 N–H and O–H groups in total. The third-order valence-electron chi connectivity index (χ3n) is 3.30. The Balaban J connectivity index is 2.23. The Kier molecular flexibility index (Phi) is 3.76. The normalized spacial score (nSPS) is 19.6. The molecule has 1 aromatic rings. The summed E-state index contributed by atoms with van der Waals surface area (Å²) >= 11 is 0. The topological polar surface area (TPSA) is 58.4 Å². The first-order valence-electron chi connectivity index (χ1n) is 5.96. The van der Waals surface area contributed by atoms with Gasteiger partial charge in [0, 0.05) is 31.4 Å². The van der Waals surface area contributed by atoms with Crippen molar-refractivity contribution in [2.45, 2.75) is 18.9 Å². The van der Waals surface area contributed by atoms with Crippen LogP contribution >= 0.6 is 0 Å². The number of piperidine rings is 1. The lowest BCUT2D eigenvalue weighted by molar-refractivity contribution is -0.385. The predicted molar refractivity (Wildman–Crippen MR) is 67.3 cm³/mol. The van der Waals surface area contributed by atoms with Crippen LogP contribution in [0.3, 0.4) is 0 Å². The summed E-state index contributed by atoms with van der Waals surface area (Å²) in [7, 11) is 1.84. The van der Waals surface area contributed by atoms with E-state index in [9.17, 15) is 14.5 Å². The molecule has 0 bridgehead atoms. The lowest BCUT2D eigenvalue weighted by atomic mass is 10.1. The van der Waals surface area contributed by atoms with Crippen LogP contribution in [0.1, 0.15) is 12.8 Å². The molecule has 1 aliphatic rings. The van der Waals surface area contributed by atoms with Crippen molar-refractivity contribution in [3.05, 3.63) is 34.1 Å². The van der Waals surface area contributed by atoms with Gasteiger partial charge in [-0.3, -0.25) is 10.1 Å². The van der Waals surface area contributed by atoms with Gasteiger partial charge in [-0.2, -0.15) is 0 Å². The van der Waals surface area contributed by atoms with Crippen LogP contribution in [0.25, 0.3) is 0 Å². The number of nitrogens with zero attached hydrogens (tertiary/aromatic N) is 2. The summed E-state index contributed by atoms with van der Waals surface area (Å²) in [5, 5.41) is 14.0. The summed E-state index contributed by atoms with van der Waals surface area (Å²) in [6.07, 6.45) is 2.07. The van der Waals surface area contributed by atoms with Crippen LogP contribution in [0.5, 0.6) is 0 Å². The average Bonchev–Trinajstić information content (AvgIpc) is 2.38. The van der Waals surface area contributed by atoms with E-state index in [0.29, 0.717) is 5.69 Å². The van der Waals surface area contributed by atoms with Crippen LogP contribution in [-0.2, 0) is 0 Å². The molecule has 2 rings (SSSR count). The van der Waals surface area contributed by atoms with Gasteiger partial charge in [0.15, 0.2) is 0 Å². The Morgan fingerprint density at radius 3 is 2.89 bits per heavy atom. The van der Waals surface area contributed by atoms with Gasteiger partial charge in [-0.05, 0) is 25.5 Å². The van der Waals surface area contributed by atoms with E-state index in [1.165, 1.54) is 12.1 Å². The van der Waals surface area contributed by atoms with Crippen molar-refractivity contribution >= 4 is 11.4 Å². The Morgan fingerprint density at radius 2 is 2.28 bits per heavy atom. The van der Waals surface area contributed by atoms with Crippen molar-refractivity contribution in [1.29, 1.82) is 0 Å². The van der Waals surface area contributed by atoms with Crippen molar-refractivity contribution in [3.8, 4) is 0 Å². The standard InChI is InChI=1S/C12H16FN3O2/c1-15(10-3-2-4-14-8-10)11-5-9(13)6-12(7-11)16(17)18/h5-7,10,14H,2-4,8H2,1H3. The molecule has 0 amide bonds. The zero-order valence-corrected chi connectivity index (χ0v) is 10.2. The molecule has 6 heteroatoms. The van der Waals surface area contributed by atoms with Gasteiger partial charge >= 0.3 is 0 Å². The van der Waals surface area contributed by atoms with Crippen molar-refractivity contribution in [2.75, 3.05) is 25.0 Å². The molecule has 0 spiro atoms. The van der Waals surface area contributed by atoms with Gasteiger partial charge in [0.2, 0.25) is 0 Å². The van der Waals surface area contributed by atoms with Crippen LogP contribution in [0.4, 0.5) is 15.8 Å². The summed E-state index contributed by atoms with van der Waals surface area (Å²) in [5.41, 5.74) is 0.344. The maximum atomic E-state index is 13.4. The first-order chi connectivity index (χ1) is 8.58. The molecule has 1 heterocycles. The summed E-state index contributed by atoms with van der Waals surface area (Å²) in [5.74, 6) is -0.574. The highest BCUT2D eigenvalue weighted by Gasteiger charge is 2.20. The minimum Gasteiger partial charge on any atom is -0.370 e. The molecule has 18 heavy (non-hydrogen) atoms. The average molecular weight is 253 g/mol. The van der Waals surface area contributed by atoms with Gasteiger partial charge in [0.25, 0.3) is 5.69 Å². The molecular formula is C12H16FN3O2. The number of non-ortho nitro benzene ring substituents is 1. The largest absolute Gasteiger partial charge is 0.370 e. The van der Waals surface area contributed by atoms with Crippen LogP contribution in [-0.4, -0.2) is 31.1 Å². The molecule has 1 aliphatic heterocycles. The summed E-state index contributed by atoms with van der Waals surface area (Å²) in [4.78, 5) is 12.0. The molecule has 1 aromatic carbocycles. The highest BCUT2D eigenvalue weighted by atomic mass is 19.1. The molecule has 0 aliphatic carbocycles. The van der Waals surface area contributed by atoms with Gasteiger partial charge in [0.1, 0.15) is 5.82 Å². The van der Waals surface area contributed by atoms with Crippen molar-refractivity contribution in [3.63, 3.8) is 0 Å². The van der Waals surface area contributed by atoms with Gasteiger partial charge < -0.3 is 10.2 Å². The van der Waals surface area contributed by atoms with E-state index in [1.807, 2.05) is 11.9 Å². The SMILES string of the molecule is CN(c1cc(F)cc([N+](=O)[O-])c1)C1CCCNC1. The number of anilines is 1. The smallest absolute Gasteiger partial charge is 0.274 e. The lowest BCUT2D eigenvalue weighted by Gasteiger charge is -2.33. The number of nitro groups is 1. The first-order valence-corrected chi connectivity index (χ1v) is 5.96. The molecule has 1 unspecified atom stereocenters. The molecule has 5 nitrogen and oxygen atoms in total. The summed E-state index contributed by atoms with van der Waals surface area (Å²) < 4.78 is 13.4. The van der Waals surface area contributed by atoms with E-state index in [-0.39, 0.29) is 11.7 Å². The van der Waals surface area contributed by atoms with E-state index < -0.39 is 10.7 Å². The first kappa shape index (κ1) is 12.8. The number of benzene rings is 1. The lowest BCUT2D eigenvalue weighted by Crippen LogP contribution is -2.44. The predicted octanol–water partition coefficient (Wildman–Crippen LogP) is 1.92. The Labute approximate surface area is 105 Å². The molecule has 0 saturated carbocycles. The molecule has 0 aromatic heterocycles. The maximum absolute atomic E-state index is 13.4. The van der Waals surface area contributed by atoms with E-state index in [2.05, 4.69) is 5.32 Å². The van der Waals surface area contributed by atoms with E-state index >= 15 is 0 Å². The van der Waals surface area contributed by atoms with Gasteiger partial charge in [-0.25, -0.2) is 4.39 Å². The zero-order valence-electron chi connectivity index (χ0n) is 10.2. The summed E-state index contributed by atoms with van der Waals surface area (Å²) in [6, 6.07) is 3.94. The van der Waals surface area contributed by atoms with Crippen LogP contribution in [0.2, 0.25) is 0 Å². The van der Waals surface area contributed by atoms with E-state index in [0.717, 1.165) is 32.0 Å². The number of hydrogen-bond donors (Lipinski definition) is 1. The molecule has 1 saturated heterocycles. The van der Waals surface area contributed by atoms with E-state index in [1.54, 1.807) is 0 Å². The third kappa shape index (κ3) is 2.76. The Bertz CT molecular complexity index is 447. The molecular weight excluding hydrogens is 237 g/mol. The number of halogens is 1. The summed E-state index contributed by atoms with van der Waals surface area (Å²) in [6.45, 7) is 1.81. The monoisotopic (exact) mass is 253 g/mol. The van der Waals surface area contributed by atoms with Crippen LogP contribution in [0.15, 0.2) is 18.2 Å². The Hall–Kier alpha value is -1.69. The fraction of sp³-hybridized carbons (Fsp3) is 0.500. The van der Waals surface area contributed by atoms with Crippen molar-refractivity contribution in [1.82, 2.24) is 5.32 Å². The third-order valence-corrected chi connectivity index (χ3v) is 3.30. The second-order valence-electron chi connectivity index (χ2n) is 4.54. The minimum atomic E-state index is -0.574. The second kappa shape index (κ2) is 5.30.